The van der Waals surface area contributed by atoms with Crippen LogP contribution < -0.4 is 10.5 Å². The van der Waals surface area contributed by atoms with Crippen molar-refractivity contribution in [3.05, 3.63) is 46.2 Å². The van der Waals surface area contributed by atoms with Gasteiger partial charge < -0.3 is 5.73 Å². The first-order chi connectivity index (χ1) is 9.31. The number of aryl methyl sites for hydroxylation is 1. The third-order valence-electron chi connectivity index (χ3n) is 2.57. The minimum Gasteiger partial charge on any atom is -0.399 e. The molecule has 8 heteroatoms. The van der Waals surface area contributed by atoms with Crippen molar-refractivity contribution in [3.63, 3.8) is 0 Å². The number of rotatable bonds is 3. The molecule has 0 atom stereocenters. The van der Waals surface area contributed by atoms with Gasteiger partial charge >= 0.3 is 0 Å². The van der Waals surface area contributed by atoms with Crippen LogP contribution in [-0.4, -0.2) is 13.4 Å². The Kier molecular flexibility index (Phi) is 4.08. The number of anilines is 2. The summed E-state index contributed by atoms with van der Waals surface area (Å²) in [7, 11) is -3.92. The molecule has 2 aromatic rings. The van der Waals surface area contributed by atoms with E-state index in [0.717, 1.165) is 5.56 Å². The van der Waals surface area contributed by atoms with Gasteiger partial charge in [0.1, 0.15) is 4.90 Å². The minimum absolute atomic E-state index is 0.0379. The van der Waals surface area contributed by atoms with E-state index in [-0.39, 0.29) is 20.6 Å². The molecule has 0 aliphatic heterocycles. The zero-order valence-corrected chi connectivity index (χ0v) is 12.7. The first-order valence-corrected chi connectivity index (χ1v) is 7.73. The Balaban J connectivity index is 2.50. The van der Waals surface area contributed by atoms with Crippen LogP contribution in [0.2, 0.25) is 10.0 Å². The molecule has 0 unspecified atom stereocenters. The molecule has 106 valence electrons. The number of nitrogen functional groups attached to an aromatic ring is 1. The van der Waals surface area contributed by atoms with Crippen LogP contribution in [0, 0.1) is 6.92 Å². The fourth-order valence-corrected chi connectivity index (χ4v) is 3.95. The SMILES string of the molecule is Cc1ccncc1NS(=O)(=O)c1c(Cl)cc(N)cc1Cl. The lowest BCUT2D eigenvalue weighted by atomic mass is 10.3. The lowest BCUT2D eigenvalue weighted by Gasteiger charge is -2.12. The maximum Gasteiger partial charge on any atom is 0.264 e. The highest BCUT2D eigenvalue weighted by molar-refractivity contribution is 7.93. The highest BCUT2D eigenvalue weighted by Gasteiger charge is 2.23. The van der Waals surface area contributed by atoms with E-state index >= 15 is 0 Å². The molecule has 0 amide bonds. The monoisotopic (exact) mass is 331 g/mol. The Morgan fingerprint density at radius 3 is 2.40 bits per heavy atom. The second-order valence-corrected chi connectivity index (χ2v) is 6.54. The van der Waals surface area contributed by atoms with E-state index in [4.69, 9.17) is 28.9 Å². The molecule has 0 saturated carbocycles. The second-order valence-electron chi connectivity index (χ2n) is 4.11. The van der Waals surface area contributed by atoms with Crippen LogP contribution in [0.15, 0.2) is 35.5 Å². The van der Waals surface area contributed by atoms with Crippen LogP contribution in [0.5, 0.6) is 0 Å². The summed E-state index contributed by atoms with van der Waals surface area (Å²) in [6, 6.07) is 4.35. The summed E-state index contributed by atoms with van der Waals surface area (Å²) in [6.07, 6.45) is 2.97. The van der Waals surface area contributed by atoms with Crippen molar-refractivity contribution in [3.8, 4) is 0 Å². The van der Waals surface area contributed by atoms with Crippen LogP contribution >= 0.6 is 23.2 Å². The first-order valence-electron chi connectivity index (χ1n) is 5.49. The Morgan fingerprint density at radius 1 is 1.25 bits per heavy atom. The van der Waals surface area contributed by atoms with Gasteiger partial charge in [0.05, 0.1) is 21.9 Å². The maximum absolute atomic E-state index is 12.4. The zero-order valence-electron chi connectivity index (χ0n) is 10.4. The topological polar surface area (TPSA) is 85.1 Å². The molecule has 0 fully saturated rings. The molecule has 0 aliphatic rings. The third-order valence-corrected chi connectivity index (χ3v) is 4.86. The molecule has 3 N–H and O–H groups in total. The number of nitrogens with two attached hydrogens (primary N) is 1. The largest absolute Gasteiger partial charge is 0.399 e. The Bertz CT molecular complexity index is 740. The fourth-order valence-electron chi connectivity index (χ4n) is 1.60. The van der Waals surface area contributed by atoms with Gasteiger partial charge in [0, 0.05) is 11.9 Å². The smallest absolute Gasteiger partial charge is 0.264 e. The Hall–Kier alpha value is -1.50. The lowest BCUT2D eigenvalue weighted by Crippen LogP contribution is -2.15. The zero-order chi connectivity index (χ0) is 14.9. The van der Waals surface area contributed by atoms with Crippen molar-refractivity contribution in [2.45, 2.75) is 11.8 Å². The van der Waals surface area contributed by atoms with E-state index in [1.54, 1.807) is 19.2 Å². The van der Waals surface area contributed by atoms with Crippen LogP contribution in [0.25, 0.3) is 0 Å². The van der Waals surface area contributed by atoms with Crippen molar-refractivity contribution in [2.24, 2.45) is 0 Å². The fraction of sp³-hybridized carbons (Fsp3) is 0.0833. The van der Waals surface area contributed by atoms with E-state index < -0.39 is 10.0 Å². The molecule has 1 aromatic heterocycles. The highest BCUT2D eigenvalue weighted by Crippen LogP contribution is 2.33. The van der Waals surface area contributed by atoms with Crippen molar-refractivity contribution in [1.82, 2.24) is 4.98 Å². The van der Waals surface area contributed by atoms with Gasteiger partial charge in [-0.05, 0) is 30.7 Å². The number of nitrogens with one attached hydrogen (secondary N) is 1. The molecule has 20 heavy (non-hydrogen) atoms. The number of pyridine rings is 1. The number of benzene rings is 1. The van der Waals surface area contributed by atoms with Gasteiger partial charge in [0.2, 0.25) is 0 Å². The van der Waals surface area contributed by atoms with Crippen LogP contribution in [0.1, 0.15) is 5.56 Å². The van der Waals surface area contributed by atoms with Crippen molar-refractivity contribution in [2.75, 3.05) is 10.5 Å². The number of nitrogens with zero attached hydrogens (tertiary/aromatic N) is 1. The van der Waals surface area contributed by atoms with E-state index in [1.807, 2.05) is 0 Å². The van der Waals surface area contributed by atoms with Gasteiger partial charge in [0.15, 0.2) is 0 Å². The summed E-state index contributed by atoms with van der Waals surface area (Å²) in [6.45, 7) is 1.76. The van der Waals surface area contributed by atoms with Gasteiger partial charge in [-0.1, -0.05) is 23.2 Å². The van der Waals surface area contributed by atoms with Gasteiger partial charge in [-0.25, -0.2) is 8.42 Å². The quantitative estimate of drug-likeness (QED) is 0.846. The predicted octanol–water partition coefficient (Wildman–Crippen LogP) is 3.08. The van der Waals surface area contributed by atoms with Gasteiger partial charge in [0.25, 0.3) is 10.0 Å². The molecule has 0 radical (unpaired) electrons. The van der Waals surface area contributed by atoms with E-state index in [0.29, 0.717) is 5.69 Å². The number of hydrogen-bond acceptors (Lipinski definition) is 4. The van der Waals surface area contributed by atoms with Crippen LogP contribution in [-0.2, 0) is 10.0 Å². The number of sulfonamides is 1. The molecule has 5 nitrogen and oxygen atoms in total. The van der Waals surface area contributed by atoms with E-state index in [2.05, 4.69) is 9.71 Å². The van der Waals surface area contributed by atoms with Crippen LogP contribution in [0.4, 0.5) is 11.4 Å². The molecular weight excluding hydrogens is 321 g/mol. The van der Waals surface area contributed by atoms with Crippen molar-refractivity contribution < 1.29 is 8.42 Å². The summed E-state index contributed by atoms with van der Waals surface area (Å²) in [5.41, 5.74) is 6.93. The van der Waals surface area contributed by atoms with Gasteiger partial charge in [-0.3, -0.25) is 9.71 Å². The standard InChI is InChI=1S/C12H11Cl2N3O2S/c1-7-2-3-16-6-11(7)17-20(18,19)12-9(13)4-8(15)5-10(12)14/h2-6,17H,15H2,1H3. The van der Waals surface area contributed by atoms with Gasteiger partial charge in [-0.15, -0.1) is 0 Å². The van der Waals surface area contributed by atoms with Crippen molar-refractivity contribution in [1.29, 1.82) is 0 Å². The summed E-state index contributed by atoms with van der Waals surface area (Å²) < 4.78 is 27.1. The number of halogens is 2. The number of aromatic nitrogens is 1. The summed E-state index contributed by atoms with van der Waals surface area (Å²) >= 11 is 11.9. The average molecular weight is 332 g/mol. The molecule has 0 saturated heterocycles. The maximum atomic E-state index is 12.4. The van der Waals surface area contributed by atoms with E-state index in [9.17, 15) is 8.42 Å². The molecule has 0 bridgehead atoms. The number of hydrogen-bond donors (Lipinski definition) is 2. The Labute approximate surface area is 126 Å². The molecule has 0 spiro atoms. The molecule has 1 aromatic carbocycles. The minimum atomic E-state index is -3.92. The van der Waals surface area contributed by atoms with E-state index in [1.165, 1.54) is 18.3 Å². The molecule has 0 aliphatic carbocycles. The summed E-state index contributed by atoms with van der Waals surface area (Å²) in [5, 5.41) is -0.0758. The molecular formula is C12H11Cl2N3O2S. The molecule has 2 rings (SSSR count). The molecule has 1 heterocycles. The first kappa shape index (κ1) is 14.9. The third kappa shape index (κ3) is 2.98. The predicted molar refractivity (Wildman–Crippen MR) is 80.7 cm³/mol. The van der Waals surface area contributed by atoms with Crippen LogP contribution in [0.3, 0.4) is 0 Å². The summed E-state index contributed by atoms with van der Waals surface area (Å²) in [5.74, 6) is 0. The Morgan fingerprint density at radius 2 is 1.85 bits per heavy atom. The normalized spacial score (nSPS) is 11.3. The van der Waals surface area contributed by atoms with Crippen molar-refractivity contribution >= 4 is 44.6 Å². The van der Waals surface area contributed by atoms with Gasteiger partial charge in [-0.2, -0.15) is 0 Å². The average Bonchev–Trinajstić information content (AvgIpc) is 2.30. The lowest BCUT2D eigenvalue weighted by molar-refractivity contribution is 0.601. The second kappa shape index (κ2) is 5.47. The summed E-state index contributed by atoms with van der Waals surface area (Å²) in [4.78, 5) is 3.66. The highest BCUT2D eigenvalue weighted by atomic mass is 35.5.